The maximum atomic E-state index is 12.4. The van der Waals surface area contributed by atoms with Gasteiger partial charge < -0.3 is 19.5 Å². The number of ether oxygens (including phenoxy) is 3. The molecule has 1 heterocycles. The maximum absolute atomic E-state index is 12.4. The van der Waals surface area contributed by atoms with Crippen molar-refractivity contribution in [3.05, 3.63) is 70.7 Å². The Morgan fingerprint density at radius 2 is 2.18 bits per heavy atom. The monoisotopic (exact) mass is 443 g/mol. The Kier molecular flexibility index (Phi) is 6.76. The summed E-state index contributed by atoms with van der Waals surface area (Å²) in [6.45, 7) is 4.61. The second-order valence-corrected chi connectivity index (χ2v) is 7.14. The third-order valence-corrected chi connectivity index (χ3v) is 4.79. The van der Waals surface area contributed by atoms with Crippen LogP contribution in [0.25, 0.3) is 6.08 Å². The highest BCUT2D eigenvalue weighted by molar-refractivity contribution is 9.10. The molecule has 3 rings (SSSR count). The van der Waals surface area contributed by atoms with Crippen molar-refractivity contribution in [2.45, 2.75) is 12.5 Å². The van der Waals surface area contributed by atoms with Crippen molar-refractivity contribution in [3.8, 4) is 17.2 Å². The quantitative estimate of drug-likeness (QED) is 0.498. The van der Waals surface area contributed by atoms with Crippen LogP contribution in [0.3, 0.4) is 0 Å². The van der Waals surface area contributed by atoms with E-state index < -0.39 is 0 Å². The Morgan fingerprint density at radius 3 is 2.96 bits per heavy atom. The van der Waals surface area contributed by atoms with Crippen molar-refractivity contribution in [2.24, 2.45) is 0 Å². The van der Waals surface area contributed by atoms with Gasteiger partial charge in [-0.15, -0.1) is 0 Å². The fraction of sp³-hybridized carbons (Fsp3) is 0.227. The molecule has 1 atom stereocenters. The fourth-order valence-electron chi connectivity index (χ4n) is 2.96. The van der Waals surface area contributed by atoms with Crippen LogP contribution in [-0.4, -0.2) is 26.2 Å². The second-order valence-electron chi connectivity index (χ2n) is 6.22. The smallest absolute Gasteiger partial charge is 0.244 e. The summed E-state index contributed by atoms with van der Waals surface area (Å²) in [6.07, 6.45) is 5.67. The van der Waals surface area contributed by atoms with Crippen LogP contribution in [0, 0.1) is 0 Å². The van der Waals surface area contributed by atoms with Crippen molar-refractivity contribution >= 4 is 27.9 Å². The first kappa shape index (κ1) is 20.0. The van der Waals surface area contributed by atoms with Gasteiger partial charge in [-0.2, -0.15) is 0 Å². The number of rotatable bonds is 7. The van der Waals surface area contributed by atoms with Crippen LogP contribution in [0.5, 0.6) is 17.2 Å². The standard InChI is InChI=1S/C22H22BrNO4/c1-3-11-27-20-7-4-15(13-21(20)26-2)5-9-22(25)24-18-10-12-28-19-8-6-16(23)14-17(18)19/h3-9,13-14,18H,1,10-12H2,2H3,(H,24,25)/b9-5+. The van der Waals surface area contributed by atoms with Gasteiger partial charge in [0.05, 0.1) is 19.8 Å². The van der Waals surface area contributed by atoms with Crippen LogP contribution >= 0.6 is 15.9 Å². The molecule has 0 aromatic heterocycles. The number of halogens is 1. The van der Waals surface area contributed by atoms with E-state index in [1.807, 2.05) is 36.4 Å². The normalized spacial score (nSPS) is 15.4. The molecule has 0 spiro atoms. The Hall–Kier alpha value is -2.73. The average molecular weight is 444 g/mol. The minimum atomic E-state index is -0.163. The summed E-state index contributed by atoms with van der Waals surface area (Å²) in [6, 6.07) is 11.2. The molecule has 5 nitrogen and oxygen atoms in total. The number of nitrogens with one attached hydrogen (secondary N) is 1. The van der Waals surface area contributed by atoms with E-state index in [1.165, 1.54) is 6.08 Å². The van der Waals surface area contributed by atoms with E-state index >= 15 is 0 Å². The molecule has 0 fully saturated rings. The lowest BCUT2D eigenvalue weighted by atomic mass is 10.0. The van der Waals surface area contributed by atoms with E-state index in [9.17, 15) is 4.79 Å². The molecule has 2 aromatic carbocycles. The van der Waals surface area contributed by atoms with Crippen molar-refractivity contribution < 1.29 is 19.0 Å². The van der Waals surface area contributed by atoms with Crippen molar-refractivity contribution in [1.82, 2.24) is 5.32 Å². The van der Waals surface area contributed by atoms with E-state index in [1.54, 1.807) is 19.3 Å². The lowest BCUT2D eigenvalue weighted by Crippen LogP contribution is -2.31. The van der Waals surface area contributed by atoms with Crippen molar-refractivity contribution in [1.29, 1.82) is 0 Å². The highest BCUT2D eigenvalue weighted by Gasteiger charge is 2.22. The van der Waals surface area contributed by atoms with Crippen molar-refractivity contribution in [3.63, 3.8) is 0 Å². The lowest BCUT2D eigenvalue weighted by Gasteiger charge is -2.26. The van der Waals surface area contributed by atoms with Crippen LogP contribution in [0.4, 0.5) is 0 Å². The van der Waals surface area contributed by atoms with E-state index in [0.29, 0.717) is 24.7 Å². The Labute approximate surface area is 173 Å². The van der Waals surface area contributed by atoms with Gasteiger partial charge in [0.2, 0.25) is 5.91 Å². The van der Waals surface area contributed by atoms with Gasteiger partial charge in [0.1, 0.15) is 12.4 Å². The van der Waals surface area contributed by atoms with Crippen LogP contribution in [0.1, 0.15) is 23.6 Å². The number of amides is 1. The number of hydrogen-bond acceptors (Lipinski definition) is 4. The van der Waals surface area contributed by atoms with Gasteiger partial charge in [0.25, 0.3) is 0 Å². The summed E-state index contributed by atoms with van der Waals surface area (Å²) >= 11 is 3.47. The fourth-order valence-corrected chi connectivity index (χ4v) is 3.34. The summed E-state index contributed by atoms with van der Waals surface area (Å²) in [4.78, 5) is 12.4. The van der Waals surface area contributed by atoms with E-state index in [-0.39, 0.29) is 11.9 Å². The molecule has 1 aliphatic rings. The molecule has 1 aliphatic heterocycles. The number of benzene rings is 2. The van der Waals surface area contributed by atoms with Gasteiger partial charge in [-0.3, -0.25) is 4.79 Å². The SMILES string of the molecule is C=CCOc1ccc(/C=C/C(=O)NC2CCOc3ccc(Br)cc32)cc1OC. The predicted molar refractivity (Wildman–Crippen MR) is 113 cm³/mol. The molecule has 6 heteroatoms. The minimum absolute atomic E-state index is 0.0809. The first-order chi connectivity index (χ1) is 13.6. The van der Waals surface area contributed by atoms with E-state index in [0.717, 1.165) is 27.8 Å². The molecule has 0 saturated heterocycles. The summed E-state index contributed by atoms with van der Waals surface area (Å²) in [5.74, 6) is 1.88. The molecule has 0 radical (unpaired) electrons. The molecule has 0 bridgehead atoms. The Morgan fingerprint density at radius 1 is 1.32 bits per heavy atom. The van der Waals surface area contributed by atoms with Gasteiger partial charge in [-0.1, -0.05) is 34.7 Å². The highest BCUT2D eigenvalue weighted by atomic mass is 79.9. The van der Waals surface area contributed by atoms with Gasteiger partial charge in [0, 0.05) is 22.5 Å². The molecule has 1 N–H and O–H groups in total. The van der Waals surface area contributed by atoms with E-state index in [2.05, 4.69) is 27.8 Å². The summed E-state index contributed by atoms with van der Waals surface area (Å²) < 4.78 is 17.5. The maximum Gasteiger partial charge on any atom is 0.244 e. The van der Waals surface area contributed by atoms with Crippen LogP contribution in [0.2, 0.25) is 0 Å². The largest absolute Gasteiger partial charge is 0.493 e. The van der Waals surface area contributed by atoms with Gasteiger partial charge >= 0.3 is 0 Å². The molecule has 146 valence electrons. The van der Waals surface area contributed by atoms with Crippen LogP contribution in [0.15, 0.2) is 59.6 Å². The van der Waals surface area contributed by atoms with Crippen molar-refractivity contribution in [2.75, 3.05) is 20.3 Å². The lowest BCUT2D eigenvalue weighted by molar-refractivity contribution is -0.117. The first-order valence-corrected chi connectivity index (χ1v) is 9.72. The zero-order chi connectivity index (χ0) is 19.9. The topological polar surface area (TPSA) is 56.8 Å². The third kappa shape index (κ3) is 4.95. The van der Waals surface area contributed by atoms with Gasteiger partial charge in [-0.05, 0) is 42.0 Å². The predicted octanol–water partition coefficient (Wildman–Crippen LogP) is 4.68. The molecule has 1 unspecified atom stereocenters. The summed E-state index contributed by atoms with van der Waals surface area (Å²) in [5.41, 5.74) is 1.82. The Bertz CT molecular complexity index is 894. The van der Waals surface area contributed by atoms with Crippen LogP contribution in [-0.2, 0) is 4.79 Å². The average Bonchev–Trinajstić information content (AvgIpc) is 2.71. The molecule has 0 saturated carbocycles. The molecule has 2 aromatic rings. The molecule has 28 heavy (non-hydrogen) atoms. The molecular formula is C22H22BrNO4. The number of carbonyl (C=O) groups excluding carboxylic acids is 1. The zero-order valence-electron chi connectivity index (χ0n) is 15.6. The number of fused-ring (bicyclic) bond motifs is 1. The second kappa shape index (κ2) is 9.46. The first-order valence-electron chi connectivity index (χ1n) is 8.93. The van der Waals surface area contributed by atoms with Gasteiger partial charge in [0.15, 0.2) is 11.5 Å². The third-order valence-electron chi connectivity index (χ3n) is 4.30. The summed E-state index contributed by atoms with van der Waals surface area (Å²) in [7, 11) is 1.58. The number of methoxy groups -OCH3 is 1. The van der Waals surface area contributed by atoms with Gasteiger partial charge in [-0.25, -0.2) is 0 Å². The summed E-state index contributed by atoms with van der Waals surface area (Å²) in [5, 5.41) is 3.05. The van der Waals surface area contributed by atoms with Crippen LogP contribution < -0.4 is 19.5 Å². The molecule has 1 amide bonds. The zero-order valence-corrected chi connectivity index (χ0v) is 17.2. The molecular weight excluding hydrogens is 422 g/mol. The van der Waals surface area contributed by atoms with E-state index in [4.69, 9.17) is 14.2 Å². The molecule has 0 aliphatic carbocycles. The minimum Gasteiger partial charge on any atom is -0.493 e. The Balaban J connectivity index is 1.68. The number of carbonyl (C=O) groups is 1. The number of hydrogen-bond donors (Lipinski definition) is 1. The highest BCUT2D eigenvalue weighted by Crippen LogP contribution is 2.34.